The molecule has 0 radical (unpaired) electrons. The zero-order chi connectivity index (χ0) is 17.0. The van der Waals surface area contributed by atoms with Crippen molar-refractivity contribution in [2.45, 2.75) is 31.8 Å². The quantitative estimate of drug-likeness (QED) is 0.832. The van der Waals surface area contributed by atoms with Crippen LogP contribution in [-0.4, -0.2) is 36.7 Å². The lowest BCUT2D eigenvalue weighted by molar-refractivity contribution is -0.140. The van der Waals surface area contributed by atoms with Crippen LogP contribution in [0.1, 0.15) is 25.3 Å². The predicted octanol–water partition coefficient (Wildman–Crippen LogP) is 3.50. The highest BCUT2D eigenvalue weighted by molar-refractivity contribution is 7.14. The topological polar surface area (TPSA) is 63.2 Å². The molecule has 5 nitrogen and oxygen atoms in total. The van der Waals surface area contributed by atoms with Crippen LogP contribution in [0.5, 0.6) is 0 Å². The maximum absolute atomic E-state index is 12.7. The van der Waals surface area contributed by atoms with Crippen molar-refractivity contribution in [1.82, 2.24) is 10.3 Å². The monoisotopic (exact) mass is 381 g/mol. The Kier molecular flexibility index (Phi) is 6.95. The van der Waals surface area contributed by atoms with Gasteiger partial charge in [-0.2, -0.15) is 0 Å². The number of hydrogen-bond acceptors (Lipinski definition) is 5. The summed E-state index contributed by atoms with van der Waals surface area (Å²) in [4.78, 5) is 17.2. The standard InChI is InChI=1S/C18H23N3O2S.ClH/c1-3-13-4-6-14(7-5-13)15-12-24-17(20-15)21-16(22)18(23-2)8-10-19-11-9-18;/h4-7,12,19H,3,8-11H2,1-2H3,(H,20,21,22);1H. The van der Waals surface area contributed by atoms with Crippen molar-refractivity contribution >= 4 is 34.8 Å². The number of benzene rings is 1. The lowest BCUT2D eigenvalue weighted by Gasteiger charge is -2.34. The van der Waals surface area contributed by atoms with Crippen molar-refractivity contribution in [3.63, 3.8) is 0 Å². The van der Waals surface area contributed by atoms with Gasteiger partial charge in [0.25, 0.3) is 5.91 Å². The summed E-state index contributed by atoms with van der Waals surface area (Å²) in [6.45, 7) is 3.71. The minimum absolute atomic E-state index is 0. The lowest BCUT2D eigenvalue weighted by atomic mass is 9.91. The average molecular weight is 382 g/mol. The van der Waals surface area contributed by atoms with E-state index < -0.39 is 5.60 Å². The second-order valence-corrected chi connectivity index (χ2v) is 6.85. The molecule has 25 heavy (non-hydrogen) atoms. The molecule has 1 aliphatic rings. The highest BCUT2D eigenvalue weighted by Gasteiger charge is 2.40. The molecule has 1 amide bonds. The fraction of sp³-hybridized carbons (Fsp3) is 0.444. The Morgan fingerprint density at radius 2 is 2.00 bits per heavy atom. The van der Waals surface area contributed by atoms with Gasteiger partial charge in [-0.25, -0.2) is 4.98 Å². The Labute approximate surface area is 158 Å². The van der Waals surface area contributed by atoms with Crippen LogP contribution >= 0.6 is 23.7 Å². The molecule has 1 aromatic carbocycles. The van der Waals surface area contributed by atoms with Gasteiger partial charge in [0.2, 0.25) is 0 Å². The highest BCUT2D eigenvalue weighted by Crippen LogP contribution is 2.28. The van der Waals surface area contributed by atoms with E-state index in [1.807, 2.05) is 5.38 Å². The van der Waals surface area contributed by atoms with Crippen LogP contribution in [0.4, 0.5) is 5.13 Å². The van der Waals surface area contributed by atoms with Crippen LogP contribution in [0, 0.1) is 0 Å². The van der Waals surface area contributed by atoms with Gasteiger partial charge in [-0.3, -0.25) is 10.1 Å². The molecule has 3 rings (SSSR count). The molecule has 2 heterocycles. The van der Waals surface area contributed by atoms with Crippen LogP contribution < -0.4 is 10.6 Å². The molecule has 1 fully saturated rings. The summed E-state index contributed by atoms with van der Waals surface area (Å²) < 4.78 is 5.55. The van der Waals surface area contributed by atoms with Crippen molar-refractivity contribution in [2.24, 2.45) is 0 Å². The van der Waals surface area contributed by atoms with E-state index in [1.165, 1.54) is 16.9 Å². The number of thiazole rings is 1. The van der Waals surface area contributed by atoms with E-state index in [9.17, 15) is 4.79 Å². The zero-order valence-electron chi connectivity index (χ0n) is 14.5. The van der Waals surface area contributed by atoms with E-state index in [0.717, 1.165) is 30.8 Å². The van der Waals surface area contributed by atoms with Crippen molar-refractivity contribution in [1.29, 1.82) is 0 Å². The average Bonchev–Trinajstić information content (AvgIpc) is 3.10. The highest BCUT2D eigenvalue weighted by atomic mass is 35.5. The van der Waals surface area contributed by atoms with Crippen molar-refractivity contribution in [3.8, 4) is 11.3 Å². The molecule has 0 spiro atoms. The zero-order valence-corrected chi connectivity index (χ0v) is 16.1. The van der Waals surface area contributed by atoms with Crippen molar-refractivity contribution in [2.75, 3.05) is 25.5 Å². The number of methoxy groups -OCH3 is 1. The molecule has 0 saturated carbocycles. The first-order chi connectivity index (χ1) is 11.7. The second-order valence-electron chi connectivity index (χ2n) is 5.99. The summed E-state index contributed by atoms with van der Waals surface area (Å²) in [5.41, 5.74) is 2.50. The van der Waals surface area contributed by atoms with Gasteiger partial charge < -0.3 is 10.1 Å². The van der Waals surface area contributed by atoms with Gasteiger partial charge in [-0.15, -0.1) is 23.7 Å². The summed E-state index contributed by atoms with van der Waals surface area (Å²) in [5.74, 6) is -0.103. The first-order valence-electron chi connectivity index (χ1n) is 8.29. The van der Waals surface area contributed by atoms with Crippen LogP contribution in [0.3, 0.4) is 0 Å². The van der Waals surface area contributed by atoms with E-state index in [2.05, 4.69) is 46.8 Å². The SMILES string of the molecule is CCc1ccc(-c2csc(NC(=O)C3(OC)CCNCC3)n2)cc1.Cl. The van der Waals surface area contributed by atoms with Gasteiger partial charge in [-0.05, 0) is 37.9 Å². The Morgan fingerprint density at radius 1 is 1.32 bits per heavy atom. The van der Waals surface area contributed by atoms with Gasteiger partial charge in [0.1, 0.15) is 5.60 Å². The number of aromatic nitrogens is 1. The summed E-state index contributed by atoms with van der Waals surface area (Å²) in [6, 6.07) is 8.37. The third kappa shape index (κ3) is 4.39. The Hall–Kier alpha value is -1.47. The predicted molar refractivity (Wildman–Crippen MR) is 105 cm³/mol. The first-order valence-corrected chi connectivity index (χ1v) is 9.17. The molecule has 1 saturated heterocycles. The maximum Gasteiger partial charge on any atom is 0.258 e. The van der Waals surface area contributed by atoms with Gasteiger partial charge in [0, 0.05) is 18.1 Å². The Morgan fingerprint density at radius 3 is 2.60 bits per heavy atom. The molecule has 0 unspecified atom stereocenters. The summed E-state index contributed by atoms with van der Waals surface area (Å²) in [5, 5.41) is 8.77. The van der Waals surface area contributed by atoms with Crippen molar-refractivity contribution in [3.05, 3.63) is 35.2 Å². The lowest BCUT2D eigenvalue weighted by Crippen LogP contribution is -2.51. The smallest absolute Gasteiger partial charge is 0.258 e. The van der Waals surface area contributed by atoms with E-state index in [4.69, 9.17) is 4.74 Å². The van der Waals surface area contributed by atoms with Gasteiger partial charge in [0.05, 0.1) is 5.69 Å². The largest absolute Gasteiger partial charge is 0.368 e. The van der Waals surface area contributed by atoms with E-state index in [1.54, 1.807) is 7.11 Å². The molecule has 1 aliphatic heterocycles. The number of carbonyl (C=O) groups excluding carboxylic acids is 1. The molecule has 2 N–H and O–H groups in total. The van der Waals surface area contributed by atoms with Crippen molar-refractivity contribution < 1.29 is 9.53 Å². The molecule has 0 aliphatic carbocycles. The minimum Gasteiger partial charge on any atom is -0.368 e. The Bertz CT molecular complexity index is 697. The second kappa shape index (κ2) is 8.76. The molecular weight excluding hydrogens is 358 g/mol. The number of rotatable bonds is 5. The minimum atomic E-state index is -0.750. The number of aryl methyl sites for hydroxylation is 1. The van der Waals surface area contributed by atoms with Gasteiger partial charge in [0.15, 0.2) is 5.13 Å². The van der Waals surface area contributed by atoms with Gasteiger partial charge in [-0.1, -0.05) is 31.2 Å². The van der Waals surface area contributed by atoms with Crippen LogP contribution in [0.2, 0.25) is 0 Å². The number of anilines is 1. The molecule has 7 heteroatoms. The molecular formula is C18H24ClN3O2S. The summed E-state index contributed by atoms with van der Waals surface area (Å²) in [7, 11) is 1.60. The maximum atomic E-state index is 12.7. The number of amides is 1. The third-order valence-corrected chi connectivity index (χ3v) is 5.36. The number of hydrogen-bond donors (Lipinski definition) is 2. The van der Waals surface area contributed by atoms with Gasteiger partial charge >= 0.3 is 0 Å². The first kappa shape index (κ1) is 19.8. The third-order valence-electron chi connectivity index (χ3n) is 4.60. The number of carbonyl (C=O) groups is 1. The fourth-order valence-electron chi connectivity index (χ4n) is 2.94. The molecule has 1 aromatic heterocycles. The number of nitrogens with one attached hydrogen (secondary N) is 2. The number of ether oxygens (including phenoxy) is 1. The number of halogens is 1. The Balaban J connectivity index is 0.00000225. The number of nitrogens with zero attached hydrogens (tertiary/aromatic N) is 1. The number of piperidine rings is 1. The van der Waals surface area contributed by atoms with Crippen LogP contribution in [0.15, 0.2) is 29.6 Å². The summed E-state index contributed by atoms with van der Waals surface area (Å²) in [6.07, 6.45) is 2.37. The van der Waals surface area contributed by atoms with E-state index in [-0.39, 0.29) is 18.3 Å². The normalized spacial score (nSPS) is 16.1. The molecule has 2 aromatic rings. The molecule has 0 atom stereocenters. The molecule has 0 bridgehead atoms. The van der Waals surface area contributed by atoms with E-state index in [0.29, 0.717) is 18.0 Å². The van der Waals surface area contributed by atoms with Crippen LogP contribution in [-0.2, 0) is 16.0 Å². The van der Waals surface area contributed by atoms with Crippen LogP contribution in [0.25, 0.3) is 11.3 Å². The van der Waals surface area contributed by atoms with E-state index >= 15 is 0 Å². The molecule has 136 valence electrons. The fourth-order valence-corrected chi connectivity index (χ4v) is 3.66. The summed E-state index contributed by atoms with van der Waals surface area (Å²) >= 11 is 1.44.